The largest absolute Gasteiger partial charge is 0.397 e. The molecule has 0 atom stereocenters. The van der Waals surface area contributed by atoms with Crippen molar-refractivity contribution in [1.29, 1.82) is 5.26 Å². The van der Waals surface area contributed by atoms with E-state index in [1.54, 1.807) is 18.3 Å². The van der Waals surface area contributed by atoms with Crippen LogP contribution >= 0.6 is 0 Å². The van der Waals surface area contributed by atoms with Crippen LogP contribution in [0.15, 0.2) is 42.6 Å². The van der Waals surface area contributed by atoms with Gasteiger partial charge in [0, 0.05) is 11.1 Å². The highest BCUT2D eigenvalue weighted by Gasteiger charge is 2.04. The Morgan fingerprint density at radius 3 is 2.74 bits per heavy atom. The van der Waals surface area contributed by atoms with E-state index in [9.17, 15) is 0 Å². The Morgan fingerprint density at radius 2 is 2.00 bits per heavy atom. The van der Waals surface area contributed by atoms with Crippen molar-refractivity contribution in [2.75, 3.05) is 11.1 Å². The van der Waals surface area contributed by atoms with Crippen molar-refractivity contribution < 1.29 is 0 Å². The molecule has 5 nitrogen and oxygen atoms in total. The molecule has 0 aliphatic rings. The van der Waals surface area contributed by atoms with Gasteiger partial charge in [-0.3, -0.25) is 5.10 Å². The maximum Gasteiger partial charge on any atom is 0.0991 e. The van der Waals surface area contributed by atoms with Crippen molar-refractivity contribution >= 4 is 28.0 Å². The number of anilines is 3. The van der Waals surface area contributed by atoms with Crippen LogP contribution in [0.5, 0.6) is 0 Å². The smallest absolute Gasteiger partial charge is 0.0991 e. The minimum Gasteiger partial charge on any atom is -0.397 e. The third kappa shape index (κ3) is 2.07. The second-order valence-electron chi connectivity index (χ2n) is 4.21. The highest BCUT2D eigenvalue weighted by Crippen LogP contribution is 2.27. The topological polar surface area (TPSA) is 90.5 Å². The molecule has 3 aromatic rings. The molecule has 0 bridgehead atoms. The summed E-state index contributed by atoms with van der Waals surface area (Å²) in [6.07, 6.45) is 1.73. The summed E-state index contributed by atoms with van der Waals surface area (Å²) in [5.41, 5.74) is 9.88. The van der Waals surface area contributed by atoms with Gasteiger partial charge < -0.3 is 11.1 Å². The van der Waals surface area contributed by atoms with E-state index in [1.165, 1.54) is 0 Å². The molecule has 0 unspecified atom stereocenters. The lowest BCUT2D eigenvalue weighted by Gasteiger charge is -2.09. The first kappa shape index (κ1) is 11.1. The van der Waals surface area contributed by atoms with E-state index >= 15 is 0 Å². The first-order valence-electron chi connectivity index (χ1n) is 5.76. The summed E-state index contributed by atoms with van der Waals surface area (Å²) in [6.45, 7) is 0. The zero-order valence-electron chi connectivity index (χ0n) is 10.0. The molecule has 0 aliphatic carbocycles. The molecule has 2 aromatic carbocycles. The average molecular weight is 249 g/mol. The fourth-order valence-corrected chi connectivity index (χ4v) is 1.90. The molecule has 1 heterocycles. The minimum absolute atomic E-state index is 0.627. The molecule has 5 heteroatoms. The molecule has 0 amide bonds. The van der Waals surface area contributed by atoms with Gasteiger partial charge >= 0.3 is 0 Å². The molecule has 19 heavy (non-hydrogen) atoms. The van der Waals surface area contributed by atoms with Gasteiger partial charge in [-0.1, -0.05) is 0 Å². The molecule has 0 fully saturated rings. The molecular formula is C14H11N5. The van der Waals surface area contributed by atoms with Gasteiger partial charge in [-0.15, -0.1) is 0 Å². The molecule has 1 aromatic heterocycles. The number of nitrogens with one attached hydrogen (secondary N) is 2. The van der Waals surface area contributed by atoms with Crippen LogP contribution < -0.4 is 11.1 Å². The predicted molar refractivity (Wildman–Crippen MR) is 74.9 cm³/mol. The Bertz CT molecular complexity index is 765. The van der Waals surface area contributed by atoms with Gasteiger partial charge in [0.25, 0.3) is 0 Å². The van der Waals surface area contributed by atoms with E-state index in [0.717, 1.165) is 22.3 Å². The lowest BCUT2D eigenvalue weighted by molar-refractivity contribution is 1.12. The normalized spacial score (nSPS) is 10.3. The molecule has 0 spiro atoms. The van der Waals surface area contributed by atoms with Crippen LogP contribution in [0.3, 0.4) is 0 Å². The van der Waals surface area contributed by atoms with Crippen LogP contribution in [0, 0.1) is 11.3 Å². The van der Waals surface area contributed by atoms with E-state index in [-0.39, 0.29) is 0 Å². The molecule has 0 radical (unpaired) electrons. The van der Waals surface area contributed by atoms with Crippen molar-refractivity contribution in [3.05, 3.63) is 48.2 Å². The number of nitrogens with two attached hydrogens (primary N) is 1. The van der Waals surface area contributed by atoms with E-state index in [4.69, 9.17) is 11.0 Å². The Kier molecular flexibility index (Phi) is 2.54. The Balaban J connectivity index is 1.95. The van der Waals surface area contributed by atoms with E-state index in [2.05, 4.69) is 21.6 Å². The molecule has 92 valence electrons. The van der Waals surface area contributed by atoms with Gasteiger partial charge in [-0.05, 0) is 36.4 Å². The predicted octanol–water partition coefficient (Wildman–Crippen LogP) is 2.76. The third-order valence-electron chi connectivity index (χ3n) is 2.90. The van der Waals surface area contributed by atoms with Crippen molar-refractivity contribution in [2.45, 2.75) is 0 Å². The summed E-state index contributed by atoms with van der Waals surface area (Å²) in [7, 11) is 0. The quantitative estimate of drug-likeness (QED) is 0.609. The van der Waals surface area contributed by atoms with Gasteiger partial charge in [0.05, 0.1) is 34.7 Å². The summed E-state index contributed by atoms with van der Waals surface area (Å²) in [4.78, 5) is 0. The van der Waals surface area contributed by atoms with Gasteiger partial charge in [-0.25, -0.2) is 0 Å². The van der Waals surface area contributed by atoms with Gasteiger partial charge in [0.15, 0.2) is 0 Å². The van der Waals surface area contributed by atoms with Crippen molar-refractivity contribution in [3.8, 4) is 6.07 Å². The molecule has 4 N–H and O–H groups in total. The number of fused-ring (bicyclic) bond motifs is 1. The highest BCUT2D eigenvalue weighted by atomic mass is 15.1. The first-order valence-corrected chi connectivity index (χ1v) is 5.76. The lowest BCUT2D eigenvalue weighted by Crippen LogP contribution is -1.96. The third-order valence-corrected chi connectivity index (χ3v) is 2.90. The lowest BCUT2D eigenvalue weighted by atomic mass is 10.2. The first-order chi connectivity index (χ1) is 9.26. The molecule has 0 saturated heterocycles. The van der Waals surface area contributed by atoms with E-state index in [0.29, 0.717) is 11.3 Å². The number of aromatic nitrogens is 2. The summed E-state index contributed by atoms with van der Waals surface area (Å²) >= 11 is 0. The van der Waals surface area contributed by atoms with Crippen LogP contribution in [-0.4, -0.2) is 10.2 Å². The van der Waals surface area contributed by atoms with Crippen molar-refractivity contribution in [2.24, 2.45) is 0 Å². The van der Waals surface area contributed by atoms with Gasteiger partial charge in [-0.2, -0.15) is 10.4 Å². The van der Waals surface area contributed by atoms with Crippen molar-refractivity contribution in [1.82, 2.24) is 10.2 Å². The standard InChI is InChI=1S/C14H11N5/c15-7-9-1-3-11(4-2-9)18-14-6-13-10(5-12(14)16)8-17-19-13/h1-6,8,18H,16H2,(H,17,19). The van der Waals surface area contributed by atoms with Crippen LogP contribution in [0.1, 0.15) is 5.56 Å². The summed E-state index contributed by atoms with van der Waals surface area (Å²) in [5, 5.41) is 19.8. The number of nitriles is 1. The maximum absolute atomic E-state index is 8.76. The average Bonchev–Trinajstić information content (AvgIpc) is 2.87. The summed E-state index contributed by atoms with van der Waals surface area (Å²) in [5.74, 6) is 0. The number of benzene rings is 2. The number of aromatic amines is 1. The zero-order valence-corrected chi connectivity index (χ0v) is 10.0. The second-order valence-corrected chi connectivity index (χ2v) is 4.21. The van der Waals surface area contributed by atoms with E-state index in [1.807, 2.05) is 24.3 Å². The van der Waals surface area contributed by atoms with E-state index < -0.39 is 0 Å². The zero-order chi connectivity index (χ0) is 13.2. The number of nitrogen functional groups attached to an aromatic ring is 1. The molecule has 0 aliphatic heterocycles. The molecular weight excluding hydrogens is 238 g/mol. The highest BCUT2D eigenvalue weighted by molar-refractivity contribution is 5.89. The monoisotopic (exact) mass is 249 g/mol. The second kappa shape index (κ2) is 4.35. The van der Waals surface area contributed by atoms with Crippen LogP contribution in [-0.2, 0) is 0 Å². The maximum atomic E-state index is 8.76. The Labute approximate surface area is 109 Å². The number of hydrogen-bond acceptors (Lipinski definition) is 4. The number of hydrogen-bond donors (Lipinski definition) is 3. The SMILES string of the molecule is N#Cc1ccc(Nc2cc3[nH]ncc3cc2N)cc1. The van der Waals surface area contributed by atoms with Gasteiger partial charge in [0.2, 0.25) is 0 Å². The van der Waals surface area contributed by atoms with Crippen LogP contribution in [0.25, 0.3) is 10.9 Å². The molecule has 0 saturated carbocycles. The molecule has 3 rings (SSSR count). The number of H-pyrrole nitrogens is 1. The fourth-order valence-electron chi connectivity index (χ4n) is 1.90. The minimum atomic E-state index is 0.627. The van der Waals surface area contributed by atoms with Crippen molar-refractivity contribution in [3.63, 3.8) is 0 Å². The number of nitrogens with zero attached hydrogens (tertiary/aromatic N) is 2. The summed E-state index contributed by atoms with van der Waals surface area (Å²) in [6, 6.07) is 13.1. The van der Waals surface area contributed by atoms with Gasteiger partial charge in [0.1, 0.15) is 0 Å². The van der Waals surface area contributed by atoms with Crippen LogP contribution in [0.4, 0.5) is 17.1 Å². The Morgan fingerprint density at radius 1 is 1.21 bits per heavy atom. The summed E-state index contributed by atoms with van der Waals surface area (Å²) < 4.78 is 0. The fraction of sp³-hybridized carbons (Fsp3) is 0. The Hall–Kier alpha value is -3.00. The van der Waals surface area contributed by atoms with Crippen LogP contribution in [0.2, 0.25) is 0 Å². The number of rotatable bonds is 2.